The van der Waals surface area contributed by atoms with E-state index in [9.17, 15) is 4.79 Å². The van der Waals surface area contributed by atoms with E-state index < -0.39 is 0 Å². The van der Waals surface area contributed by atoms with Crippen LogP contribution in [-0.4, -0.2) is 34.9 Å². The minimum Gasteiger partial charge on any atom is -0.369 e. The fraction of sp³-hybridized carbons (Fsp3) is 0.625. The van der Waals surface area contributed by atoms with Gasteiger partial charge in [-0.2, -0.15) is 0 Å². The van der Waals surface area contributed by atoms with Crippen LogP contribution < -0.4 is 5.32 Å². The Morgan fingerprint density at radius 1 is 1.52 bits per heavy atom. The van der Waals surface area contributed by atoms with Gasteiger partial charge in [0.1, 0.15) is 5.82 Å². The highest BCUT2D eigenvalue weighted by molar-refractivity contribution is 9.10. The molecule has 0 bridgehead atoms. The Kier molecular flexibility index (Phi) is 5.62. The average Bonchev–Trinajstić information content (AvgIpc) is 3.27. The molecule has 21 heavy (non-hydrogen) atoms. The molecule has 0 spiro atoms. The second-order valence-electron chi connectivity index (χ2n) is 6.06. The normalized spacial score (nSPS) is 14.3. The molecular weight excluding hydrogens is 330 g/mol. The van der Waals surface area contributed by atoms with E-state index in [0.717, 1.165) is 36.8 Å². The number of halogens is 1. The number of aromatic nitrogens is 1. The zero-order valence-corrected chi connectivity index (χ0v) is 14.6. The topological polar surface area (TPSA) is 45.2 Å². The third-order valence-electron chi connectivity index (χ3n) is 3.44. The van der Waals surface area contributed by atoms with Gasteiger partial charge < -0.3 is 10.2 Å². The van der Waals surface area contributed by atoms with Crippen LogP contribution in [0.15, 0.2) is 16.7 Å². The van der Waals surface area contributed by atoms with Crippen LogP contribution in [0.4, 0.5) is 5.82 Å². The molecule has 0 atom stereocenters. The lowest BCUT2D eigenvalue weighted by molar-refractivity contribution is 0.0723. The Morgan fingerprint density at radius 3 is 2.81 bits per heavy atom. The zero-order chi connectivity index (χ0) is 15.4. The Balaban J connectivity index is 2.24. The molecule has 0 aliphatic heterocycles. The van der Waals surface area contributed by atoms with E-state index in [0.29, 0.717) is 23.3 Å². The lowest BCUT2D eigenvalue weighted by atomic mass is 10.1. The standard InChI is InChI=1S/C16H24BrN3O/c1-4-7-18-15-14(8-12(17)9-19-15)16(21)20(10-11(2)3)13-5-6-13/h8-9,11,13H,4-7,10H2,1-3H3,(H,18,19). The maximum atomic E-state index is 12.9. The molecule has 1 N–H and O–H groups in total. The molecule has 0 radical (unpaired) electrons. The highest BCUT2D eigenvalue weighted by Gasteiger charge is 2.34. The van der Waals surface area contributed by atoms with E-state index in [1.165, 1.54) is 0 Å². The molecule has 0 aromatic carbocycles. The number of anilines is 1. The fourth-order valence-corrected chi connectivity index (χ4v) is 2.65. The van der Waals surface area contributed by atoms with Crippen LogP contribution >= 0.6 is 15.9 Å². The van der Waals surface area contributed by atoms with Crippen LogP contribution in [0.25, 0.3) is 0 Å². The van der Waals surface area contributed by atoms with Crippen LogP contribution in [0.1, 0.15) is 50.4 Å². The number of carbonyl (C=O) groups is 1. The second-order valence-corrected chi connectivity index (χ2v) is 6.97. The molecular formula is C16H24BrN3O. The van der Waals surface area contributed by atoms with Gasteiger partial charge in [-0.3, -0.25) is 4.79 Å². The maximum Gasteiger partial charge on any atom is 0.257 e. The summed E-state index contributed by atoms with van der Waals surface area (Å²) in [6.45, 7) is 8.03. The Bertz CT molecular complexity index is 500. The summed E-state index contributed by atoms with van der Waals surface area (Å²) in [5.41, 5.74) is 0.672. The number of rotatable bonds is 7. The molecule has 1 aliphatic carbocycles. The molecule has 1 aromatic rings. The lowest BCUT2D eigenvalue weighted by Crippen LogP contribution is -2.36. The summed E-state index contributed by atoms with van der Waals surface area (Å²) in [4.78, 5) is 19.3. The third-order valence-corrected chi connectivity index (χ3v) is 3.87. The number of hydrogen-bond donors (Lipinski definition) is 1. The Hall–Kier alpha value is -1.10. The zero-order valence-electron chi connectivity index (χ0n) is 13.0. The van der Waals surface area contributed by atoms with Crippen molar-refractivity contribution >= 4 is 27.7 Å². The SMILES string of the molecule is CCCNc1ncc(Br)cc1C(=O)N(CC(C)C)C1CC1. The lowest BCUT2D eigenvalue weighted by Gasteiger charge is -2.25. The molecule has 0 unspecified atom stereocenters. The summed E-state index contributed by atoms with van der Waals surface area (Å²) in [7, 11) is 0. The number of pyridine rings is 1. The first kappa shape index (κ1) is 16.3. The Labute approximate surface area is 135 Å². The average molecular weight is 354 g/mol. The third kappa shape index (κ3) is 4.43. The van der Waals surface area contributed by atoms with E-state index in [2.05, 4.69) is 47.0 Å². The van der Waals surface area contributed by atoms with Crippen molar-refractivity contribution in [3.8, 4) is 0 Å². The maximum absolute atomic E-state index is 12.9. The molecule has 1 amide bonds. The van der Waals surface area contributed by atoms with Crippen molar-refractivity contribution in [2.45, 2.75) is 46.1 Å². The van der Waals surface area contributed by atoms with Gasteiger partial charge in [0.2, 0.25) is 0 Å². The van der Waals surface area contributed by atoms with Gasteiger partial charge in [-0.05, 0) is 47.2 Å². The van der Waals surface area contributed by atoms with Crippen molar-refractivity contribution in [1.82, 2.24) is 9.88 Å². The molecule has 1 saturated carbocycles. The van der Waals surface area contributed by atoms with Gasteiger partial charge in [-0.1, -0.05) is 20.8 Å². The van der Waals surface area contributed by atoms with Crippen molar-refractivity contribution in [3.63, 3.8) is 0 Å². The van der Waals surface area contributed by atoms with Gasteiger partial charge in [0.05, 0.1) is 5.56 Å². The summed E-state index contributed by atoms with van der Waals surface area (Å²) >= 11 is 3.42. The van der Waals surface area contributed by atoms with Crippen LogP contribution in [-0.2, 0) is 0 Å². The summed E-state index contributed by atoms with van der Waals surface area (Å²) in [5.74, 6) is 1.26. The van der Waals surface area contributed by atoms with Crippen LogP contribution in [0.3, 0.4) is 0 Å². The van der Waals surface area contributed by atoms with E-state index >= 15 is 0 Å². The summed E-state index contributed by atoms with van der Waals surface area (Å²) in [5, 5.41) is 3.26. The number of amides is 1. The predicted octanol–water partition coefficient (Wildman–Crippen LogP) is 3.93. The summed E-state index contributed by atoms with van der Waals surface area (Å²) in [6, 6.07) is 2.29. The van der Waals surface area contributed by atoms with Crippen LogP contribution in [0, 0.1) is 5.92 Å². The molecule has 0 saturated heterocycles. The molecule has 1 aromatic heterocycles. The largest absolute Gasteiger partial charge is 0.369 e. The van der Waals surface area contributed by atoms with Gasteiger partial charge in [-0.15, -0.1) is 0 Å². The van der Waals surface area contributed by atoms with Crippen molar-refractivity contribution in [1.29, 1.82) is 0 Å². The number of hydrogen-bond acceptors (Lipinski definition) is 3. The smallest absolute Gasteiger partial charge is 0.257 e. The molecule has 1 fully saturated rings. The minimum atomic E-state index is 0.0959. The fourth-order valence-electron chi connectivity index (χ4n) is 2.32. The van der Waals surface area contributed by atoms with Gasteiger partial charge >= 0.3 is 0 Å². The number of carbonyl (C=O) groups excluding carboxylic acids is 1. The van der Waals surface area contributed by atoms with E-state index in [1.807, 2.05) is 11.0 Å². The quantitative estimate of drug-likeness (QED) is 0.807. The molecule has 4 nitrogen and oxygen atoms in total. The van der Waals surface area contributed by atoms with E-state index in [1.54, 1.807) is 6.20 Å². The van der Waals surface area contributed by atoms with Crippen molar-refractivity contribution in [3.05, 3.63) is 22.3 Å². The highest BCUT2D eigenvalue weighted by Crippen LogP contribution is 2.30. The minimum absolute atomic E-state index is 0.0959. The van der Waals surface area contributed by atoms with E-state index in [4.69, 9.17) is 0 Å². The monoisotopic (exact) mass is 353 g/mol. The summed E-state index contributed by atoms with van der Waals surface area (Å²) < 4.78 is 0.841. The first-order valence-electron chi connectivity index (χ1n) is 7.73. The van der Waals surface area contributed by atoms with Crippen LogP contribution in [0.2, 0.25) is 0 Å². The van der Waals surface area contributed by atoms with Gasteiger partial charge in [0.25, 0.3) is 5.91 Å². The molecule has 116 valence electrons. The molecule has 1 heterocycles. The number of nitrogens with one attached hydrogen (secondary N) is 1. The molecule has 1 aliphatic rings. The van der Waals surface area contributed by atoms with Crippen molar-refractivity contribution in [2.24, 2.45) is 5.92 Å². The van der Waals surface area contributed by atoms with Gasteiger partial charge in [0.15, 0.2) is 0 Å². The van der Waals surface area contributed by atoms with Gasteiger partial charge in [0, 0.05) is 29.8 Å². The molecule has 5 heteroatoms. The Morgan fingerprint density at radius 2 is 2.24 bits per heavy atom. The summed E-state index contributed by atoms with van der Waals surface area (Å²) in [6.07, 6.45) is 4.98. The number of nitrogens with zero attached hydrogens (tertiary/aromatic N) is 2. The van der Waals surface area contributed by atoms with Crippen molar-refractivity contribution < 1.29 is 4.79 Å². The van der Waals surface area contributed by atoms with Gasteiger partial charge in [-0.25, -0.2) is 4.98 Å². The highest BCUT2D eigenvalue weighted by atomic mass is 79.9. The van der Waals surface area contributed by atoms with Crippen LogP contribution in [0.5, 0.6) is 0 Å². The van der Waals surface area contributed by atoms with E-state index in [-0.39, 0.29) is 5.91 Å². The first-order chi connectivity index (χ1) is 10.0. The second kappa shape index (κ2) is 7.25. The molecule has 2 rings (SSSR count). The van der Waals surface area contributed by atoms with Crippen molar-refractivity contribution in [2.75, 3.05) is 18.4 Å². The first-order valence-corrected chi connectivity index (χ1v) is 8.52. The predicted molar refractivity (Wildman–Crippen MR) is 89.6 cm³/mol.